The van der Waals surface area contributed by atoms with Gasteiger partial charge in [-0.05, 0) is 124 Å². The fourth-order valence-electron chi connectivity index (χ4n) is 6.66. The summed E-state index contributed by atoms with van der Waals surface area (Å²) in [6.07, 6.45) is 9.71. The molecule has 3 heterocycles. The molecular formula is C30H39FN4OS. The number of halogens is 1. The Kier molecular flexibility index (Phi) is 7.08. The zero-order valence-corrected chi connectivity index (χ0v) is 23.1. The van der Waals surface area contributed by atoms with Crippen LogP contribution in [0.15, 0.2) is 41.3 Å². The van der Waals surface area contributed by atoms with Crippen molar-refractivity contribution in [3.63, 3.8) is 0 Å². The minimum atomic E-state index is -1.02. The molecule has 1 aliphatic carbocycles. The molecule has 3 fully saturated rings. The molecule has 0 spiro atoms. The van der Waals surface area contributed by atoms with Gasteiger partial charge in [-0.1, -0.05) is 6.92 Å². The number of likely N-dealkylation sites (tertiary alicyclic amines) is 1. The second kappa shape index (κ2) is 10.3. The van der Waals surface area contributed by atoms with Crippen LogP contribution in [0.2, 0.25) is 0 Å². The Morgan fingerprint density at radius 3 is 2.43 bits per heavy atom. The van der Waals surface area contributed by atoms with Crippen molar-refractivity contribution in [3.05, 3.63) is 47.8 Å². The molecule has 4 atom stereocenters. The van der Waals surface area contributed by atoms with E-state index in [1.807, 2.05) is 24.3 Å². The van der Waals surface area contributed by atoms with Crippen LogP contribution in [0.5, 0.6) is 0 Å². The molecule has 2 aromatic carbocycles. The maximum absolute atomic E-state index is 15.5. The van der Waals surface area contributed by atoms with Crippen LogP contribution in [0.25, 0.3) is 22.4 Å². The quantitative estimate of drug-likeness (QED) is 0.403. The minimum Gasteiger partial charge on any atom is -0.612 e. The van der Waals surface area contributed by atoms with E-state index in [0.717, 1.165) is 66.1 Å². The topological polar surface area (TPSA) is 56.1 Å². The standard InChI is InChI=1S/C30H39FN4OS/c1-4-23-18-25(15-19(2)32-23)34-13-11-20(12-14-34)22-16-27(31)29-28(17-22)35(24-7-8-24)30(33-29)21-5-9-26(10-6-21)37(3)36/h5-6,9-10,16-17,19-20,23-25,32H,4,7-8,11-15,18H2,1-3H3. The van der Waals surface area contributed by atoms with Gasteiger partial charge in [-0.15, -0.1) is 0 Å². The molecule has 37 heavy (non-hydrogen) atoms. The number of rotatable bonds is 6. The molecule has 3 aliphatic rings. The Balaban J connectivity index is 1.25. The van der Waals surface area contributed by atoms with Crippen LogP contribution in [0.3, 0.4) is 0 Å². The first-order valence-corrected chi connectivity index (χ1v) is 15.6. The van der Waals surface area contributed by atoms with Gasteiger partial charge in [0.05, 0.1) is 5.52 Å². The van der Waals surface area contributed by atoms with E-state index in [-0.39, 0.29) is 5.82 Å². The van der Waals surface area contributed by atoms with Crippen molar-refractivity contribution in [1.29, 1.82) is 0 Å². The summed E-state index contributed by atoms with van der Waals surface area (Å²) in [5.41, 5.74) is 3.48. The van der Waals surface area contributed by atoms with E-state index < -0.39 is 11.2 Å². The van der Waals surface area contributed by atoms with E-state index in [9.17, 15) is 4.55 Å². The first-order valence-electron chi connectivity index (χ1n) is 14.1. The summed E-state index contributed by atoms with van der Waals surface area (Å²) in [7, 11) is 0. The molecule has 0 radical (unpaired) electrons. The smallest absolute Gasteiger partial charge is 0.152 e. The Morgan fingerprint density at radius 1 is 1.05 bits per heavy atom. The summed E-state index contributed by atoms with van der Waals surface area (Å²) in [4.78, 5) is 8.29. The lowest BCUT2D eigenvalue weighted by atomic mass is 9.86. The lowest BCUT2D eigenvalue weighted by Crippen LogP contribution is -2.53. The highest BCUT2D eigenvalue weighted by atomic mass is 32.2. The fraction of sp³-hybridized carbons (Fsp3) is 0.567. The highest BCUT2D eigenvalue weighted by Crippen LogP contribution is 2.43. The third kappa shape index (κ3) is 5.08. The second-order valence-electron chi connectivity index (χ2n) is 11.5. The molecule has 0 amide bonds. The number of benzene rings is 2. The van der Waals surface area contributed by atoms with Gasteiger partial charge in [-0.2, -0.15) is 0 Å². The highest BCUT2D eigenvalue weighted by molar-refractivity contribution is 7.90. The SMILES string of the molecule is CCC1CC(N2CCC(c3cc(F)c4nc(-c5ccc([S+](C)[O-])cc5)n(C5CC5)c4c3)CC2)CC(C)N1. The fourth-order valence-corrected chi connectivity index (χ4v) is 7.18. The van der Waals surface area contributed by atoms with Gasteiger partial charge < -0.3 is 19.3 Å². The normalized spacial score (nSPS) is 26.6. The Bertz CT molecular complexity index is 1250. The average molecular weight is 523 g/mol. The first-order chi connectivity index (χ1) is 17.9. The summed E-state index contributed by atoms with van der Waals surface area (Å²) >= 11 is -1.02. The van der Waals surface area contributed by atoms with E-state index >= 15 is 4.39 Å². The van der Waals surface area contributed by atoms with Gasteiger partial charge >= 0.3 is 0 Å². The van der Waals surface area contributed by atoms with Crippen molar-refractivity contribution in [3.8, 4) is 11.4 Å². The van der Waals surface area contributed by atoms with Gasteiger partial charge in [-0.25, -0.2) is 9.37 Å². The molecule has 2 saturated heterocycles. The van der Waals surface area contributed by atoms with Crippen LogP contribution in [-0.4, -0.2) is 56.5 Å². The van der Waals surface area contributed by atoms with Crippen molar-refractivity contribution in [2.45, 2.75) is 93.8 Å². The summed E-state index contributed by atoms with van der Waals surface area (Å²) in [6, 6.07) is 13.9. The number of imidazole rings is 1. The van der Waals surface area contributed by atoms with Gasteiger partial charge in [-0.3, -0.25) is 0 Å². The van der Waals surface area contributed by atoms with Gasteiger partial charge in [0.1, 0.15) is 17.6 Å². The number of hydrogen-bond donors (Lipinski definition) is 1. The van der Waals surface area contributed by atoms with Crippen molar-refractivity contribution in [2.24, 2.45) is 0 Å². The Hall–Kier alpha value is -1.93. The zero-order valence-electron chi connectivity index (χ0n) is 22.3. The Labute approximate surface area is 223 Å². The molecule has 2 aliphatic heterocycles. The minimum absolute atomic E-state index is 0.208. The lowest BCUT2D eigenvalue weighted by Gasteiger charge is -2.43. The van der Waals surface area contributed by atoms with E-state index in [4.69, 9.17) is 4.98 Å². The maximum atomic E-state index is 15.5. The predicted molar refractivity (Wildman–Crippen MR) is 149 cm³/mol. The monoisotopic (exact) mass is 522 g/mol. The number of nitrogens with zero attached hydrogens (tertiary/aromatic N) is 3. The number of nitrogens with one attached hydrogen (secondary N) is 1. The van der Waals surface area contributed by atoms with E-state index in [1.165, 1.54) is 19.3 Å². The van der Waals surface area contributed by atoms with Crippen LogP contribution in [0, 0.1) is 5.82 Å². The van der Waals surface area contributed by atoms with Gasteiger partial charge in [0.2, 0.25) is 0 Å². The van der Waals surface area contributed by atoms with Crippen molar-refractivity contribution >= 4 is 22.2 Å². The van der Waals surface area contributed by atoms with Crippen LogP contribution in [0.1, 0.15) is 76.3 Å². The Morgan fingerprint density at radius 2 is 1.78 bits per heavy atom. The molecule has 0 bridgehead atoms. The molecule has 4 unspecified atom stereocenters. The van der Waals surface area contributed by atoms with Crippen molar-refractivity contribution in [1.82, 2.24) is 19.8 Å². The average Bonchev–Trinajstić information content (AvgIpc) is 3.67. The zero-order chi connectivity index (χ0) is 25.7. The summed E-state index contributed by atoms with van der Waals surface area (Å²) in [5.74, 6) is 1.00. The van der Waals surface area contributed by atoms with Gasteiger partial charge in [0.15, 0.2) is 10.7 Å². The van der Waals surface area contributed by atoms with E-state index in [2.05, 4.69) is 34.7 Å². The maximum Gasteiger partial charge on any atom is 0.152 e. The van der Waals surface area contributed by atoms with Crippen molar-refractivity contribution < 1.29 is 8.94 Å². The predicted octanol–water partition coefficient (Wildman–Crippen LogP) is 6.01. The molecule has 1 aromatic heterocycles. The van der Waals surface area contributed by atoms with E-state index in [1.54, 1.807) is 12.3 Å². The van der Waals surface area contributed by atoms with E-state index in [0.29, 0.717) is 35.6 Å². The summed E-state index contributed by atoms with van der Waals surface area (Å²) in [5, 5.41) is 3.74. The molecule has 1 saturated carbocycles. The number of aromatic nitrogens is 2. The molecule has 6 rings (SSSR count). The van der Waals surface area contributed by atoms with Crippen LogP contribution in [0.4, 0.5) is 4.39 Å². The van der Waals surface area contributed by atoms with Crippen LogP contribution < -0.4 is 5.32 Å². The van der Waals surface area contributed by atoms with Gasteiger partial charge in [0, 0.05) is 29.7 Å². The van der Waals surface area contributed by atoms with Crippen LogP contribution >= 0.6 is 0 Å². The molecule has 5 nitrogen and oxygen atoms in total. The van der Waals surface area contributed by atoms with Gasteiger partial charge in [0.25, 0.3) is 0 Å². The largest absolute Gasteiger partial charge is 0.612 e. The number of hydrogen-bond acceptors (Lipinski definition) is 4. The molecular weight excluding hydrogens is 483 g/mol. The number of piperidine rings is 2. The third-order valence-corrected chi connectivity index (χ3v) is 9.78. The first kappa shape index (κ1) is 25.4. The van der Waals surface area contributed by atoms with Crippen LogP contribution in [-0.2, 0) is 11.2 Å². The molecule has 3 aromatic rings. The molecule has 7 heteroatoms. The second-order valence-corrected chi connectivity index (χ2v) is 12.9. The summed E-state index contributed by atoms with van der Waals surface area (Å²) < 4.78 is 29.6. The van der Waals surface area contributed by atoms with Crippen molar-refractivity contribution in [2.75, 3.05) is 19.3 Å². The third-order valence-electron chi connectivity index (χ3n) is 8.84. The number of fused-ring (bicyclic) bond motifs is 1. The lowest BCUT2D eigenvalue weighted by molar-refractivity contribution is 0.0983. The molecule has 198 valence electrons. The summed E-state index contributed by atoms with van der Waals surface area (Å²) in [6.45, 7) is 6.78. The highest BCUT2D eigenvalue weighted by Gasteiger charge is 2.33. The molecule has 1 N–H and O–H groups in total.